The number of H-pyrrole nitrogens is 1. The van der Waals surface area contributed by atoms with Gasteiger partial charge >= 0.3 is 0 Å². The van der Waals surface area contributed by atoms with Crippen LogP contribution in [-0.2, 0) is 25.3 Å². The fourth-order valence-electron chi connectivity index (χ4n) is 10.0. The first-order valence-corrected chi connectivity index (χ1v) is 23.4. The van der Waals surface area contributed by atoms with Crippen molar-refractivity contribution in [3.63, 3.8) is 0 Å². The molecule has 4 aromatic carbocycles. The predicted octanol–water partition coefficient (Wildman–Crippen LogP) is 7.48. The Morgan fingerprint density at radius 1 is 0.682 bits per heavy atom. The number of aryl methyl sites for hydroxylation is 2. The summed E-state index contributed by atoms with van der Waals surface area (Å²) in [5.74, 6) is 5.27. The lowest BCUT2D eigenvalue weighted by atomic mass is 9.85. The van der Waals surface area contributed by atoms with E-state index in [1.165, 1.54) is 0 Å². The average Bonchev–Trinajstić information content (AvgIpc) is 3.83. The number of aromatic amines is 1. The number of carbonyl (C=O) groups excluding carboxylic acids is 2. The fourth-order valence-corrected chi connectivity index (χ4v) is 10.0. The molecule has 348 valence electrons. The summed E-state index contributed by atoms with van der Waals surface area (Å²) in [6.07, 6.45) is 7.89. The quantitative estimate of drug-likeness (QED) is 0.0972. The normalized spacial score (nSPS) is 20.6. The molecule has 2 saturated carbocycles. The molecule has 0 radical (unpaired) electrons. The minimum atomic E-state index is -0.896. The molecule has 2 fully saturated rings. The Bertz CT molecular complexity index is 2670. The Hall–Kier alpha value is -6.12. The molecule has 5 N–H and O–H groups in total. The van der Waals surface area contributed by atoms with Crippen LogP contribution in [-0.4, -0.2) is 75.1 Å². The van der Waals surface area contributed by atoms with Crippen LogP contribution in [0.3, 0.4) is 0 Å². The van der Waals surface area contributed by atoms with Crippen molar-refractivity contribution >= 4 is 33.9 Å². The van der Waals surface area contributed by atoms with Crippen molar-refractivity contribution in [1.29, 1.82) is 0 Å². The molecule has 0 saturated heterocycles. The van der Waals surface area contributed by atoms with Crippen LogP contribution in [0, 0.1) is 0 Å². The second kappa shape index (κ2) is 18.3. The van der Waals surface area contributed by atoms with E-state index in [4.69, 9.17) is 23.9 Å². The van der Waals surface area contributed by atoms with Crippen molar-refractivity contribution in [3.05, 3.63) is 107 Å². The molecular weight excluding hydrogens is 837 g/mol. The third-order valence-corrected chi connectivity index (χ3v) is 13.7. The summed E-state index contributed by atoms with van der Waals surface area (Å²) < 4.78 is 26.7. The lowest BCUT2D eigenvalue weighted by Crippen LogP contribution is -2.41. The first-order chi connectivity index (χ1) is 31.6. The number of imidazole rings is 2. The molecule has 6 aromatic rings. The van der Waals surface area contributed by atoms with E-state index in [0.717, 1.165) is 96.2 Å². The van der Waals surface area contributed by atoms with Gasteiger partial charge in [0, 0.05) is 36.2 Å². The maximum Gasteiger partial charge on any atom is 0.258 e. The molecule has 4 aliphatic rings. The molecule has 4 atom stereocenters. The summed E-state index contributed by atoms with van der Waals surface area (Å²) in [5, 5.41) is 27.2. The molecule has 14 heteroatoms. The van der Waals surface area contributed by atoms with Crippen LogP contribution in [0.5, 0.6) is 23.0 Å². The second-order valence-corrected chi connectivity index (χ2v) is 19.4. The van der Waals surface area contributed by atoms with Crippen molar-refractivity contribution in [2.75, 3.05) is 26.4 Å². The van der Waals surface area contributed by atoms with Gasteiger partial charge < -0.3 is 44.4 Å². The Morgan fingerprint density at radius 2 is 1.20 bits per heavy atom. The summed E-state index contributed by atoms with van der Waals surface area (Å²) in [6, 6.07) is 22.9. The van der Waals surface area contributed by atoms with Gasteiger partial charge in [0.05, 0.1) is 35.2 Å². The molecule has 4 unspecified atom stereocenters. The average molecular weight is 900 g/mol. The van der Waals surface area contributed by atoms with E-state index < -0.39 is 11.2 Å². The monoisotopic (exact) mass is 899 g/mol. The number of aliphatic hydroxyl groups is 2. The van der Waals surface area contributed by atoms with Crippen LogP contribution in [0.4, 0.5) is 0 Å². The van der Waals surface area contributed by atoms with Crippen LogP contribution in [0.2, 0.25) is 0 Å². The summed E-state index contributed by atoms with van der Waals surface area (Å²) in [5.41, 5.74) is 5.25. The Morgan fingerprint density at radius 3 is 1.77 bits per heavy atom. The molecule has 14 nitrogen and oxygen atoms in total. The predicted molar refractivity (Wildman–Crippen MR) is 250 cm³/mol. The molecule has 2 aromatic heterocycles. The van der Waals surface area contributed by atoms with Crippen molar-refractivity contribution in [2.45, 2.75) is 114 Å². The molecule has 2 aliphatic carbocycles. The highest BCUT2D eigenvalue weighted by Gasteiger charge is 2.33. The number of benzene rings is 4. The van der Waals surface area contributed by atoms with Gasteiger partial charge in [0.2, 0.25) is 0 Å². The second-order valence-electron chi connectivity index (χ2n) is 19.4. The molecule has 0 spiro atoms. The molecule has 2 amide bonds. The minimum Gasteiger partial charge on any atom is -0.486 e. The van der Waals surface area contributed by atoms with Crippen LogP contribution in [0.1, 0.15) is 134 Å². The van der Waals surface area contributed by atoms with E-state index in [2.05, 4.69) is 37.9 Å². The molecular formula is C52H63N6O8+. The topological polar surface area (TPSA) is 173 Å². The number of hydrogen-bond donors (Lipinski definition) is 5. The largest absolute Gasteiger partial charge is 0.486 e. The summed E-state index contributed by atoms with van der Waals surface area (Å²) >= 11 is 0. The fraction of sp³-hybridized carbons (Fsp3) is 0.462. The third kappa shape index (κ3) is 9.57. The van der Waals surface area contributed by atoms with Gasteiger partial charge in [-0.05, 0) is 138 Å². The zero-order chi connectivity index (χ0) is 46.3. The van der Waals surface area contributed by atoms with Crippen LogP contribution in [0.25, 0.3) is 22.1 Å². The van der Waals surface area contributed by atoms with Crippen LogP contribution >= 0.6 is 0 Å². The lowest BCUT2D eigenvalue weighted by molar-refractivity contribution is -0.654. The number of aromatic nitrogens is 4. The highest BCUT2D eigenvalue weighted by atomic mass is 16.6. The SMILES string of the molecule is C[n+]1c(C2CCCC(NC(=O)c3ccc4c(c3)OCCO4)C2)[nH]c2cc(C(C)(C)O)ccc21.Cn1c(C2CCCC(NC(=O)c3ccc4c(c3)OCCO4)C2)nc2ccc(C(C)(C)O)cc21. The van der Waals surface area contributed by atoms with Gasteiger partial charge in [-0.2, -0.15) is 0 Å². The minimum absolute atomic E-state index is 0.0755. The first kappa shape index (κ1) is 45.1. The first-order valence-electron chi connectivity index (χ1n) is 23.4. The standard InChI is InChI=1S/2C26H31N3O4/c1-26(2,31)18-8-9-21-20(15-18)28-24(29(21)3)16-5-4-6-19(13-16)27-25(30)17-7-10-22-23(14-17)33-12-11-32-22;1-26(2,31)18-8-9-20-21(15-18)29(3)24(28-20)16-5-4-6-19(13-16)27-25(30)17-7-10-22-23(14-17)33-12-11-32-22/h2*7-10,14-16,19,31H,4-6,11-13H2,1-3H3,(H,27,30)/p+1. The van der Waals surface area contributed by atoms with Crippen molar-refractivity contribution in [2.24, 2.45) is 14.1 Å². The number of carbonyl (C=O) groups is 2. The third-order valence-electron chi connectivity index (χ3n) is 13.7. The molecule has 4 heterocycles. The number of hydrogen-bond acceptors (Lipinski definition) is 9. The number of rotatable bonds is 8. The van der Waals surface area contributed by atoms with Gasteiger partial charge in [0.1, 0.15) is 32.3 Å². The smallest absolute Gasteiger partial charge is 0.258 e. The van der Waals surface area contributed by atoms with Gasteiger partial charge in [-0.25, -0.2) is 14.5 Å². The van der Waals surface area contributed by atoms with Crippen LogP contribution in [0.15, 0.2) is 72.8 Å². The van der Waals surface area contributed by atoms with Crippen molar-refractivity contribution in [1.82, 2.24) is 25.2 Å². The van der Waals surface area contributed by atoms with Gasteiger partial charge in [-0.1, -0.05) is 25.0 Å². The molecule has 2 aliphatic heterocycles. The molecule has 66 heavy (non-hydrogen) atoms. The zero-order valence-electron chi connectivity index (χ0n) is 38.9. The maximum absolute atomic E-state index is 12.9. The molecule has 10 rings (SSSR count). The van der Waals surface area contributed by atoms with E-state index in [1.54, 1.807) is 64.1 Å². The van der Waals surface area contributed by atoms with Gasteiger partial charge in [-0.15, -0.1) is 0 Å². The number of nitrogens with zero attached hydrogens (tertiary/aromatic N) is 3. The summed E-state index contributed by atoms with van der Waals surface area (Å²) in [7, 11) is 4.12. The molecule has 0 bridgehead atoms. The van der Waals surface area contributed by atoms with Gasteiger partial charge in [-0.3, -0.25) is 9.59 Å². The maximum atomic E-state index is 12.9. The Kier molecular flexibility index (Phi) is 12.5. The van der Waals surface area contributed by atoms with E-state index >= 15 is 0 Å². The van der Waals surface area contributed by atoms with Crippen LogP contribution < -0.4 is 34.1 Å². The Balaban J connectivity index is 0.000000166. The van der Waals surface area contributed by atoms with Gasteiger partial charge in [0.15, 0.2) is 34.0 Å². The lowest BCUT2D eigenvalue weighted by Gasteiger charge is -2.29. The van der Waals surface area contributed by atoms with E-state index in [1.807, 2.05) is 37.4 Å². The Labute approximate surface area is 385 Å². The van der Waals surface area contributed by atoms with Crippen molar-refractivity contribution < 1.29 is 43.3 Å². The highest BCUT2D eigenvalue weighted by Crippen LogP contribution is 2.37. The van der Waals surface area contributed by atoms with E-state index in [-0.39, 0.29) is 29.8 Å². The highest BCUT2D eigenvalue weighted by molar-refractivity contribution is 5.95. The van der Waals surface area contributed by atoms with Crippen molar-refractivity contribution in [3.8, 4) is 23.0 Å². The van der Waals surface area contributed by atoms with E-state index in [0.29, 0.717) is 66.5 Å². The number of fused-ring (bicyclic) bond motifs is 4. The number of ether oxygens (including phenoxy) is 4. The number of nitrogens with one attached hydrogen (secondary N) is 3. The number of amides is 2. The summed E-state index contributed by atoms with van der Waals surface area (Å²) in [6.45, 7) is 9.25. The van der Waals surface area contributed by atoms with Gasteiger partial charge in [0.25, 0.3) is 17.6 Å². The zero-order valence-corrected chi connectivity index (χ0v) is 38.9. The summed E-state index contributed by atoms with van der Waals surface area (Å²) in [4.78, 5) is 34.4. The van der Waals surface area contributed by atoms with E-state index in [9.17, 15) is 19.8 Å².